The molecular weight excluding hydrogens is 350 g/mol. The molecule has 0 fully saturated rings. The van der Waals surface area contributed by atoms with Crippen molar-refractivity contribution in [3.8, 4) is 0 Å². The minimum absolute atomic E-state index is 0.0938. The van der Waals surface area contributed by atoms with Crippen molar-refractivity contribution in [1.82, 2.24) is 9.88 Å². The van der Waals surface area contributed by atoms with Crippen LogP contribution < -0.4 is 5.73 Å². The maximum absolute atomic E-state index is 13.0. The van der Waals surface area contributed by atoms with Crippen LogP contribution in [0.4, 0.5) is 0 Å². The molecule has 0 spiro atoms. The van der Waals surface area contributed by atoms with E-state index in [4.69, 9.17) is 10.8 Å². The molecule has 2 amide bonds. The Morgan fingerprint density at radius 1 is 1.19 bits per heavy atom. The molecule has 1 radical (unpaired) electrons. The normalized spacial score (nSPS) is 13.2. The van der Waals surface area contributed by atoms with Crippen molar-refractivity contribution in [2.45, 2.75) is 32.4 Å². The van der Waals surface area contributed by atoms with Crippen LogP contribution in [-0.4, -0.2) is 51.1 Å². The number of aliphatic carboxylic acids is 1. The van der Waals surface area contributed by atoms with Gasteiger partial charge in [-0.15, -0.1) is 0 Å². The molecule has 3 N–H and O–H groups in total. The molecule has 0 aliphatic heterocycles. The zero-order valence-electron chi connectivity index (χ0n) is 15.0. The van der Waals surface area contributed by atoms with Gasteiger partial charge in [-0.2, -0.15) is 0 Å². The van der Waals surface area contributed by atoms with Crippen LogP contribution in [0.25, 0.3) is 10.9 Å². The first-order chi connectivity index (χ1) is 12.8. The fourth-order valence-corrected chi connectivity index (χ4v) is 2.50. The molecule has 8 heteroatoms. The minimum atomic E-state index is -1.60. The van der Waals surface area contributed by atoms with E-state index in [0.717, 1.165) is 5.39 Å². The molecule has 0 bridgehead atoms. The van der Waals surface area contributed by atoms with Crippen LogP contribution in [0.5, 0.6) is 0 Å². The maximum Gasteiger partial charge on any atom is 0.305 e. The van der Waals surface area contributed by atoms with Gasteiger partial charge in [-0.1, -0.05) is 38.1 Å². The molecule has 0 saturated carbocycles. The van der Waals surface area contributed by atoms with Crippen LogP contribution in [-0.2, 0) is 14.4 Å². The summed E-state index contributed by atoms with van der Waals surface area (Å²) in [5.74, 6) is -3.41. The smallest absolute Gasteiger partial charge is 0.305 e. The lowest BCUT2D eigenvalue weighted by molar-refractivity contribution is -0.139. The number of benzene rings is 1. The van der Waals surface area contributed by atoms with Gasteiger partial charge in [-0.05, 0) is 18.1 Å². The summed E-state index contributed by atoms with van der Waals surface area (Å²) >= 11 is 0. The van der Waals surface area contributed by atoms with Crippen molar-refractivity contribution >= 4 is 35.0 Å². The van der Waals surface area contributed by atoms with Gasteiger partial charge in [0, 0.05) is 5.39 Å². The third-order valence-corrected chi connectivity index (χ3v) is 4.09. The van der Waals surface area contributed by atoms with Crippen LogP contribution >= 0.6 is 0 Å². The number of hydrogen-bond acceptors (Lipinski definition) is 6. The Labute approximate surface area is 156 Å². The highest BCUT2D eigenvalue weighted by Gasteiger charge is 2.36. The van der Waals surface area contributed by atoms with E-state index in [1.165, 1.54) is 12.4 Å². The molecule has 141 valence electrons. The van der Waals surface area contributed by atoms with Crippen molar-refractivity contribution < 1.29 is 24.3 Å². The zero-order chi connectivity index (χ0) is 20.1. The van der Waals surface area contributed by atoms with Gasteiger partial charge in [0.05, 0.1) is 18.0 Å². The van der Waals surface area contributed by atoms with E-state index in [9.17, 15) is 19.2 Å². The number of carbonyl (C=O) groups is 3. The van der Waals surface area contributed by atoms with Gasteiger partial charge >= 0.3 is 5.97 Å². The Bertz CT molecular complexity index is 881. The van der Waals surface area contributed by atoms with E-state index >= 15 is 0 Å². The standard InChI is InChI=1S/C19H20N3O5/c1-11(2)17(20)19(27)22(13(10-23)9-16(24)25)18(26)15-8-7-12-5-3-4-6-14(12)21-15/h3-8,11,13,17H,9,20H2,1-2H3,(H,24,25)/t13-,17-/m0/s1. The number of rotatable bonds is 7. The number of carboxylic acid groups (broad SMARTS) is 1. The Kier molecular flexibility index (Phi) is 6.36. The fraction of sp³-hybridized carbons (Fsp3) is 0.316. The molecule has 2 atom stereocenters. The first-order valence-electron chi connectivity index (χ1n) is 8.34. The molecule has 27 heavy (non-hydrogen) atoms. The van der Waals surface area contributed by atoms with E-state index in [1.807, 2.05) is 6.07 Å². The molecule has 0 unspecified atom stereocenters. The van der Waals surface area contributed by atoms with Crippen LogP contribution in [0.2, 0.25) is 0 Å². The van der Waals surface area contributed by atoms with Gasteiger partial charge in [0.2, 0.25) is 12.2 Å². The molecule has 2 aromatic rings. The summed E-state index contributed by atoms with van der Waals surface area (Å²) in [5.41, 5.74) is 6.28. The lowest BCUT2D eigenvalue weighted by atomic mass is 10.0. The highest BCUT2D eigenvalue weighted by Crippen LogP contribution is 2.17. The van der Waals surface area contributed by atoms with E-state index in [-0.39, 0.29) is 11.6 Å². The average Bonchev–Trinajstić information content (AvgIpc) is 2.65. The number of pyridine rings is 1. The van der Waals surface area contributed by atoms with Gasteiger partial charge in [0.1, 0.15) is 11.7 Å². The quantitative estimate of drug-likeness (QED) is 0.747. The largest absolute Gasteiger partial charge is 0.481 e. The second-order valence-corrected chi connectivity index (χ2v) is 6.40. The SMILES string of the molecule is CC(C)[C@H](N)C(=O)N(C(=O)c1ccc2ccccc2n1)[C@H]([C]=O)CC(=O)O. The first kappa shape index (κ1) is 20.2. The summed E-state index contributed by atoms with van der Waals surface area (Å²) in [6.45, 7) is 3.35. The van der Waals surface area contributed by atoms with Crippen molar-refractivity contribution in [2.75, 3.05) is 0 Å². The number of carbonyl (C=O) groups excluding carboxylic acids is 3. The predicted molar refractivity (Wildman–Crippen MR) is 97.5 cm³/mol. The van der Waals surface area contributed by atoms with Gasteiger partial charge in [0.15, 0.2) is 0 Å². The van der Waals surface area contributed by atoms with Crippen molar-refractivity contribution in [2.24, 2.45) is 11.7 Å². The lowest BCUT2D eigenvalue weighted by Gasteiger charge is -2.28. The third-order valence-electron chi connectivity index (χ3n) is 4.09. The molecule has 8 nitrogen and oxygen atoms in total. The van der Waals surface area contributed by atoms with Gasteiger partial charge in [-0.25, -0.2) is 4.98 Å². The number of amides is 2. The van der Waals surface area contributed by atoms with Crippen LogP contribution in [0.1, 0.15) is 30.8 Å². The number of aromatic nitrogens is 1. The Balaban J connectivity index is 2.48. The Morgan fingerprint density at radius 3 is 2.44 bits per heavy atom. The second-order valence-electron chi connectivity index (χ2n) is 6.40. The number of nitrogens with zero attached hydrogens (tertiary/aromatic N) is 2. The fourth-order valence-electron chi connectivity index (χ4n) is 2.50. The van der Waals surface area contributed by atoms with Gasteiger partial charge in [-0.3, -0.25) is 24.1 Å². The maximum atomic E-state index is 13.0. The molecular formula is C19H20N3O5. The molecule has 0 saturated heterocycles. The molecule has 0 aliphatic rings. The summed E-state index contributed by atoms with van der Waals surface area (Å²) in [6, 6.07) is 7.44. The van der Waals surface area contributed by atoms with Crippen LogP contribution in [0.15, 0.2) is 36.4 Å². The van der Waals surface area contributed by atoms with Gasteiger partial charge in [0.25, 0.3) is 5.91 Å². The third kappa shape index (κ3) is 4.53. The summed E-state index contributed by atoms with van der Waals surface area (Å²) in [7, 11) is 0. The molecule has 1 aromatic heterocycles. The van der Waals surface area contributed by atoms with Crippen molar-refractivity contribution in [3.05, 3.63) is 42.1 Å². The Morgan fingerprint density at radius 2 is 1.85 bits per heavy atom. The number of imide groups is 1. The predicted octanol–water partition coefficient (Wildman–Crippen LogP) is 1.14. The zero-order valence-corrected chi connectivity index (χ0v) is 15.0. The minimum Gasteiger partial charge on any atom is -0.481 e. The van der Waals surface area contributed by atoms with Crippen LogP contribution in [0.3, 0.4) is 0 Å². The van der Waals surface area contributed by atoms with E-state index in [2.05, 4.69) is 4.98 Å². The number of para-hydroxylation sites is 1. The topological polar surface area (TPSA) is 131 Å². The molecule has 1 heterocycles. The number of hydrogen-bond donors (Lipinski definition) is 2. The van der Waals surface area contributed by atoms with E-state index < -0.39 is 36.3 Å². The summed E-state index contributed by atoms with van der Waals surface area (Å²) in [6.07, 6.45) is 0.702. The molecule has 2 rings (SSSR count). The summed E-state index contributed by atoms with van der Waals surface area (Å²) in [4.78, 5) is 52.8. The van der Waals surface area contributed by atoms with Crippen LogP contribution in [0, 0.1) is 5.92 Å². The number of nitrogens with two attached hydrogens (primary N) is 1. The highest BCUT2D eigenvalue weighted by molar-refractivity contribution is 6.08. The molecule has 1 aromatic carbocycles. The van der Waals surface area contributed by atoms with Gasteiger partial charge < -0.3 is 10.8 Å². The Hall–Kier alpha value is -3.13. The molecule has 0 aliphatic carbocycles. The summed E-state index contributed by atoms with van der Waals surface area (Å²) < 4.78 is 0. The second kappa shape index (κ2) is 8.50. The summed E-state index contributed by atoms with van der Waals surface area (Å²) in [5, 5.41) is 9.80. The van der Waals surface area contributed by atoms with E-state index in [1.54, 1.807) is 38.1 Å². The lowest BCUT2D eigenvalue weighted by Crippen LogP contribution is -2.54. The number of carboxylic acids is 1. The number of fused-ring (bicyclic) bond motifs is 1. The van der Waals surface area contributed by atoms with Crippen molar-refractivity contribution in [1.29, 1.82) is 0 Å². The monoisotopic (exact) mass is 370 g/mol. The van der Waals surface area contributed by atoms with E-state index in [0.29, 0.717) is 10.4 Å². The average molecular weight is 370 g/mol. The first-order valence-corrected chi connectivity index (χ1v) is 8.34. The highest BCUT2D eigenvalue weighted by atomic mass is 16.4. The van der Waals surface area contributed by atoms with Crippen molar-refractivity contribution in [3.63, 3.8) is 0 Å².